The first kappa shape index (κ1) is 13.9. The fraction of sp³-hybridized carbons (Fsp3) is 0.867. The molecule has 5 heteroatoms. The summed E-state index contributed by atoms with van der Waals surface area (Å²) in [4.78, 5) is 26.2. The van der Waals surface area contributed by atoms with Crippen LogP contribution in [0.5, 0.6) is 0 Å². The minimum atomic E-state index is -0.0686. The normalized spacial score (nSPS) is 28.1. The van der Waals surface area contributed by atoms with Crippen molar-refractivity contribution in [1.29, 1.82) is 0 Å². The van der Waals surface area contributed by atoms with Crippen LogP contribution in [0.25, 0.3) is 0 Å². The summed E-state index contributed by atoms with van der Waals surface area (Å²) >= 11 is 0. The van der Waals surface area contributed by atoms with Crippen LogP contribution in [-0.4, -0.2) is 48.1 Å². The number of carbonyl (C=O) groups excluding carboxylic acids is 2. The molecule has 0 spiro atoms. The molecule has 1 aliphatic heterocycles. The molecule has 3 rings (SSSR count). The summed E-state index contributed by atoms with van der Waals surface area (Å²) in [5, 5.41) is 12.2. The van der Waals surface area contributed by atoms with Crippen molar-refractivity contribution in [3.63, 3.8) is 0 Å². The zero-order valence-electron chi connectivity index (χ0n) is 11.9. The number of likely N-dealkylation sites (tertiary alicyclic amines) is 1. The van der Waals surface area contributed by atoms with Crippen molar-refractivity contribution >= 4 is 11.8 Å². The van der Waals surface area contributed by atoms with Crippen molar-refractivity contribution in [3.05, 3.63) is 0 Å². The number of piperidine rings is 1. The highest BCUT2D eigenvalue weighted by Gasteiger charge is 2.43. The number of nitrogens with one attached hydrogen (secondary N) is 1. The first-order chi connectivity index (χ1) is 9.63. The molecule has 5 nitrogen and oxygen atoms in total. The molecular formula is C15H24N2O3. The number of aliphatic hydroxyl groups is 1. The number of nitrogens with zero attached hydrogens (tertiary/aromatic N) is 1. The second-order valence-electron chi connectivity index (χ2n) is 6.77. The summed E-state index contributed by atoms with van der Waals surface area (Å²) in [5.74, 6) is 0.469. The predicted molar refractivity (Wildman–Crippen MR) is 73.8 cm³/mol. The molecule has 20 heavy (non-hydrogen) atoms. The maximum Gasteiger partial charge on any atom is 0.225 e. The first-order valence-electron chi connectivity index (χ1n) is 7.81. The topological polar surface area (TPSA) is 69.6 Å². The molecule has 1 heterocycles. The summed E-state index contributed by atoms with van der Waals surface area (Å²) in [5.41, 5.74) is -0.0478. The van der Waals surface area contributed by atoms with Crippen molar-refractivity contribution < 1.29 is 14.7 Å². The molecule has 0 aromatic rings. The van der Waals surface area contributed by atoms with Crippen molar-refractivity contribution in [1.82, 2.24) is 10.2 Å². The van der Waals surface area contributed by atoms with Gasteiger partial charge < -0.3 is 15.3 Å². The standard InChI is InChI=1S/C15H24N2O3/c18-10-15(5-6-15)9-16-13(19)12-2-1-7-17(8-12)14(20)11-3-4-11/h11-12,18H,1-10H2,(H,16,19)/t12-/m1/s1. The molecule has 0 radical (unpaired) electrons. The van der Waals surface area contributed by atoms with Gasteiger partial charge in [0.2, 0.25) is 11.8 Å². The SMILES string of the molecule is O=C(NCC1(CO)CC1)[C@@H]1CCCN(C(=O)C2CC2)C1. The van der Waals surface area contributed by atoms with Crippen molar-refractivity contribution in [2.24, 2.45) is 17.3 Å². The summed E-state index contributed by atoms with van der Waals surface area (Å²) in [6, 6.07) is 0. The maximum atomic E-state index is 12.2. The van der Waals surface area contributed by atoms with E-state index in [0.717, 1.165) is 45.1 Å². The van der Waals surface area contributed by atoms with Crippen LogP contribution in [0, 0.1) is 17.3 Å². The van der Waals surface area contributed by atoms with Gasteiger partial charge in [-0.25, -0.2) is 0 Å². The second-order valence-corrected chi connectivity index (χ2v) is 6.77. The fourth-order valence-electron chi connectivity index (χ4n) is 2.97. The van der Waals surface area contributed by atoms with E-state index in [4.69, 9.17) is 0 Å². The molecule has 3 aliphatic rings. The maximum absolute atomic E-state index is 12.2. The summed E-state index contributed by atoms with van der Waals surface area (Å²) in [6.07, 6.45) is 5.83. The van der Waals surface area contributed by atoms with Crippen LogP contribution in [-0.2, 0) is 9.59 Å². The number of carbonyl (C=O) groups is 2. The summed E-state index contributed by atoms with van der Waals surface area (Å²) < 4.78 is 0. The molecule has 2 saturated carbocycles. The second kappa shape index (κ2) is 5.35. The van der Waals surface area contributed by atoms with Crippen molar-refractivity contribution in [3.8, 4) is 0 Å². The van der Waals surface area contributed by atoms with Crippen LogP contribution in [0.15, 0.2) is 0 Å². The van der Waals surface area contributed by atoms with E-state index in [-0.39, 0.29) is 35.7 Å². The Balaban J connectivity index is 1.48. The number of hydrogen-bond donors (Lipinski definition) is 2. The van der Waals surface area contributed by atoms with Crippen LogP contribution in [0.4, 0.5) is 0 Å². The van der Waals surface area contributed by atoms with Crippen LogP contribution >= 0.6 is 0 Å². The quantitative estimate of drug-likeness (QED) is 0.771. The molecule has 0 bridgehead atoms. The Morgan fingerprint density at radius 3 is 2.55 bits per heavy atom. The van der Waals surface area contributed by atoms with Crippen LogP contribution in [0.3, 0.4) is 0 Å². The Labute approximate surface area is 119 Å². The van der Waals surface area contributed by atoms with E-state index in [1.165, 1.54) is 0 Å². The highest BCUT2D eigenvalue weighted by Crippen LogP contribution is 2.44. The Morgan fingerprint density at radius 1 is 1.20 bits per heavy atom. The van der Waals surface area contributed by atoms with Crippen LogP contribution in [0.2, 0.25) is 0 Å². The molecule has 2 N–H and O–H groups in total. The van der Waals surface area contributed by atoms with Gasteiger partial charge in [0.05, 0.1) is 12.5 Å². The van der Waals surface area contributed by atoms with Gasteiger partial charge in [-0.2, -0.15) is 0 Å². The van der Waals surface area contributed by atoms with Crippen molar-refractivity contribution in [2.75, 3.05) is 26.2 Å². The first-order valence-corrected chi connectivity index (χ1v) is 7.81. The highest BCUT2D eigenvalue weighted by atomic mass is 16.3. The minimum absolute atomic E-state index is 0.0478. The molecule has 0 unspecified atom stereocenters. The lowest BCUT2D eigenvalue weighted by Gasteiger charge is -2.32. The third kappa shape index (κ3) is 2.97. The fourth-order valence-corrected chi connectivity index (χ4v) is 2.97. The Morgan fingerprint density at radius 2 is 1.95 bits per heavy atom. The predicted octanol–water partition coefficient (Wildman–Crippen LogP) is 0.524. The Hall–Kier alpha value is -1.10. The number of amides is 2. The average molecular weight is 280 g/mol. The van der Waals surface area contributed by atoms with Gasteiger partial charge in [-0.1, -0.05) is 0 Å². The van der Waals surface area contributed by atoms with E-state index in [2.05, 4.69) is 5.32 Å². The molecule has 1 saturated heterocycles. The smallest absolute Gasteiger partial charge is 0.225 e. The largest absolute Gasteiger partial charge is 0.396 e. The highest BCUT2D eigenvalue weighted by molar-refractivity contribution is 5.83. The van der Waals surface area contributed by atoms with E-state index in [0.29, 0.717) is 13.1 Å². The molecule has 1 atom stereocenters. The van der Waals surface area contributed by atoms with Gasteiger partial charge in [-0.3, -0.25) is 9.59 Å². The van der Waals surface area contributed by atoms with Gasteiger partial charge in [0.15, 0.2) is 0 Å². The van der Waals surface area contributed by atoms with E-state index in [9.17, 15) is 14.7 Å². The molecule has 0 aromatic carbocycles. The third-order valence-electron chi connectivity index (χ3n) is 4.96. The summed E-state index contributed by atoms with van der Waals surface area (Å²) in [7, 11) is 0. The Kier molecular flexibility index (Phi) is 3.71. The van der Waals surface area contributed by atoms with Gasteiger partial charge in [0.25, 0.3) is 0 Å². The van der Waals surface area contributed by atoms with Crippen LogP contribution < -0.4 is 5.32 Å². The molecule has 2 aliphatic carbocycles. The van der Waals surface area contributed by atoms with Gasteiger partial charge in [-0.05, 0) is 38.5 Å². The Bertz CT molecular complexity index is 402. The minimum Gasteiger partial charge on any atom is -0.396 e. The van der Waals surface area contributed by atoms with Gasteiger partial charge >= 0.3 is 0 Å². The lowest BCUT2D eigenvalue weighted by Crippen LogP contribution is -2.47. The van der Waals surface area contributed by atoms with Gasteiger partial charge in [0, 0.05) is 31.0 Å². The van der Waals surface area contributed by atoms with Gasteiger partial charge in [-0.15, -0.1) is 0 Å². The molecular weight excluding hydrogens is 256 g/mol. The average Bonchev–Trinajstić information content (AvgIpc) is 3.38. The van der Waals surface area contributed by atoms with Crippen molar-refractivity contribution in [2.45, 2.75) is 38.5 Å². The molecule has 2 amide bonds. The molecule has 3 fully saturated rings. The third-order valence-corrected chi connectivity index (χ3v) is 4.96. The van der Waals surface area contributed by atoms with Gasteiger partial charge in [0.1, 0.15) is 0 Å². The monoisotopic (exact) mass is 280 g/mol. The zero-order chi connectivity index (χ0) is 14.2. The molecule has 112 valence electrons. The van der Waals surface area contributed by atoms with E-state index in [1.54, 1.807) is 0 Å². The lowest BCUT2D eigenvalue weighted by atomic mass is 9.96. The number of aliphatic hydroxyl groups excluding tert-OH is 1. The number of rotatable bonds is 5. The lowest BCUT2D eigenvalue weighted by molar-refractivity contribution is -0.136. The number of hydrogen-bond acceptors (Lipinski definition) is 3. The van der Waals surface area contributed by atoms with E-state index >= 15 is 0 Å². The van der Waals surface area contributed by atoms with Crippen LogP contribution in [0.1, 0.15) is 38.5 Å². The van der Waals surface area contributed by atoms with E-state index < -0.39 is 0 Å². The van der Waals surface area contributed by atoms with E-state index in [1.807, 2.05) is 4.90 Å². The zero-order valence-corrected chi connectivity index (χ0v) is 11.9. The molecule has 0 aromatic heterocycles. The summed E-state index contributed by atoms with van der Waals surface area (Å²) in [6.45, 7) is 2.12.